The van der Waals surface area contributed by atoms with Crippen LogP contribution in [-0.4, -0.2) is 66.5 Å². The number of nitrogens with two attached hydrogens (primary N) is 1. The number of hydrogen-bond acceptors (Lipinski definition) is 8. The fraction of sp³-hybridized carbons (Fsp3) is 0.808. The molecule has 2 spiro atoms. The maximum absolute atomic E-state index is 12.0. The van der Waals surface area contributed by atoms with Crippen molar-refractivity contribution in [3.8, 4) is 0 Å². The molecule has 1 unspecified atom stereocenters. The molecule has 0 bridgehead atoms. The van der Waals surface area contributed by atoms with Gasteiger partial charge in [0.15, 0.2) is 13.6 Å². The molecule has 0 radical (unpaired) electrons. The minimum absolute atomic E-state index is 0.0992. The van der Waals surface area contributed by atoms with Gasteiger partial charge in [0.2, 0.25) is 5.79 Å². The van der Waals surface area contributed by atoms with Crippen LogP contribution in [0.25, 0.3) is 0 Å². The van der Waals surface area contributed by atoms with E-state index in [0.29, 0.717) is 26.2 Å². The number of rotatable bonds is 3. The summed E-state index contributed by atoms with van der Waals surface area (Å²) in [6.07, 6.45) is 8.63. The number of oxime groups is 1. The topological polar surface area (TPSA) is 105 Å². The SMILES string of the molecule is C[C@@H]1C[C@H]2[C@@H]3CCC4=C/C(=N\OCCN)C=C[C@]4(C)[C@@]3(Cl)[C@@H](O)C[C@]2(C)[C@]12OCOC21COCO1. The predicted molar refractivity (Wildman–Crippen MR) is 129 cm³/mol. The second-order valence-corrected chi connectivity index (χ2v) is 12.3. The monoisotopic (exact) mass is 508 g/mol. The fourth-order valence-corrected chi connectivity index (χ4v) is 9.50. The van der Waals surface area contributed by atoms with Gasteiger partial charge in [-0.15, -0.1) is 11.6 Å². The summed E-state index contributed by atoms with van der Waals surface area (Å²) in [5.41, 5.74) is 5.89. The average molecular weight is 509 g/mol. The van der Waals surface area contributed by atoms with Gasteiger partial charge in [-0.1, -0.05) is 37.6 Å². The van der Waals surface area contributed by atoms with Gasteiger partial charge in [0.05, 0.1) is 11.0 Å². The van der Waals surface area contributed by atoms with E-state index in [4.69, 9.17) is 41.1 Å². The lowest BCUT2D eigenvalue weighted by atomic mass is 9.45. The molecule has 3 saturated carbocycles. The average Bonchev–Trinajstić information content (AvgIpc) is 3.51. The van der Waals surface area contributed by atoms with E-state index in [2.05, 4.69) is 38.1 Å². The van der Waals surface area contributed by atoms with Crippen molar-refractivity contribution in [2.24, 2.45) is 39.5 Å². The molecule has 6 rings (SSSR count). The van der Waals surface area contributed by atoms with Gasteiger partial charge in [-0.05, 0) is 55.6 Å². The smallest absolute Gasteiger partial charge is 0.227 e. The lowest BCUT2D eigenvalue weighted by Crippen LogP contribution is -2.71. The second kappa shape index (κ2) is 8.00. The molecule has 9 atom stereocenters. The van der Waals surface area contributed by atoms with Gasteiger partial charge in [-0.2, -0.15) is 0 Å². The third-order valence-corrected chi connectivity index (χ3v) is 11.3. The first-order valence-corrected chi connectivity index (χ1v) is 13.2. The number of alkyl halides is 1. The van der Waals surface area contributed by atoms with Crippen LogP contribution in [0.4, 0.5) is 0 Å². The van der Waals surface area contributed by atoms with E-state index in [1.54, 1.807) is 0 Å². The minimum Gasteiger partial charge on any atom is -0.394 e. The van der Waals surface area contributed by atoms with Crippen molar-refractivity contribution in [3.05, 3.63) is 23.8 Å². The van der Waals surface area contributed by atoms with Crippen LogP contribution in [0.1, 0.15) is 46.5 Å². The Morgan fingerprint density at radius 2 is 2.03 bits per heavy atom. The maximum Gasteiger partial charge on any atom is 0.227 e. The number of hydrogen-bond donors (Lipinski definition) is 2. The molecule has 35 heavy (non-hydrogen) atoms. The summed E-state index contributed by atoms with van der Waals surface area (Å²) in [5, 5.41) is 16.2. The van der Waals surface area contributed by atoms with Gasteiger partial charge < -0.3 is 34.6 Å². The van der Waals surface area contributed by atoms with Crippen molar-refractivity contribution in [1.82, 2.24) is 0 Å². The number of allylic oxidation sites excluding steroid dienone is 4. The molecule has 2 saturated heterocycles. The van der Waals surface area contributed by atoms with Crippen LogP contribution in [0.15, 0.2) is 29.0 Å². The first-order valence-electron chi connectivity index (χ1n) is 12.9. The molecule has 3 N–H and O–H groups in total. The van der Waals surface area contributed by atoms with Gasteiger partial charge >= 0.3 is 0 Å². The molecule has 2 aliphatic heterocycles. The zero-order valence-corrected chi connectivity index (χ0v) is 21.6. The summed E-state index contributed by atoms with van der Waals surface area (Å²) >= 11 is 7.68. The van der Waals surface area contributed by atoms with Gasteiger partial charge in [-0.25, -0.2) is 0 Å². The van der Waals surface area contributed by atoms with Crippen molar-refractivity contribution in [1.29, 1.82) is 0 Å². The van der Waals surface area contributed by atoms with E-state index >= 15 is 0 Å². The van der Waals surface area contributed by atoms with Crippen LogP contribution in [0, 0.1) is 28.6 Å². The Bertz CT molecular complexity index is 975. The minimum atomic E-state index is -0.939. The lowest BCUT2D eigenvalue weighted by molar-refractivity contribution is -0.264. The van der Waals surface area contributed by atoms with Crippen LogP contribution in [0.2, 0.25) is 0 Å². The van der Waals surface area contributed by atoms with E-state index in [9.17, 15) is 5.11 Å². The Hall–Kier alpha value is -1.00. The van der Waals surface area contributed by atoms with Crippen LogP contribution >= 0.6 is 11.6 Å². The number of ether oxygens (including phenoxy) is 4. The lowest BCUT2D eigenvalue weighted by Gasteiger charge is -2.64. The van der Waals surface area contributed by atoms with Crippen molar-refractivity contribution < 1.29 is 28.9 Å². The zero-order valence-electron chi connectivity index (χ0n) is 20.8. The highest BCUT2D eigenvalue weighted by Crippen LogP contribution is 2.74. The van der Waals surface area contributed by atoms with Crippen LogP contribution < -0.4 is 5.73 Å². The molecular weight excluding hydrogens is 472 g/mol. The quantitative estimate of drug-likeness (QED) is 0.343. The standard InChI is InChI=1S/C26H37ClN2O6/c1-16-10-20-19-5-4-17-11-18(29-35-9-8-28)6-7-22(17,2)25(19,27)21(30)12-23(20,3)26(16)24(33-15-34-26)13-31-14-32-24/h6-7,11,16,19-21,30H,4-5,8-10,12-15,28H2,1-3H3/b29-18-/t16-,19+,20+,21+,22+,23+,24?,25+,26-/m1/s1. The highest BCUT2D eigenvalue weighted by molar-refractivity contribution is 6.26. The van der Waals surface area contributed by atoms with E-state index in [0.717, 1.165) is 25.0 Å². The maximum atomic E-state index is 12.0. The van der Waals surface area contributed by atoms with Crippen molar-refractivity contribution >= 4 is 17.3 Å². The van der Waals surface area contributed by atoms with Crippen LogP contribution in [0.5, 0.6) is 0 Å². The predicted octanol–water partition coefficient (Wildman–Crippen LogP) is 3.08. The van der Waals surface area contributed by atoms with E-state index in [1.807, 2.05) is 6.08 Å². The number of aliphatic hydroxyl groups excluding tert-OH is 1. The number of halogens is 1. The highest BCUT2D eigenvalue weighted by atomic mass is 35.5. The molecule has 0 aromatic rings. The third-order valence-electron chi connectivity index (χ3n) is 10.4. The molecule has 0 amide bonds. The molecule has 194 valence electrons. The molecule has 5 fully saturated rings. The number of fused-ring (bicyclic) bond motifs is 7. The molecule has 0 aromatic carbocycles. The first-order chi connectivity index (χ1) is 16.7. The van der Waals surface area contributed by atoms with Gasteiger partial charge in [-0.3, -0.25) is 0 Å². The van der Waals surface area contributed by atoms with Crippen molar-refractivity contribution in [2.75, 3.05) is 33.3 Å². The summed E-state index contributed by atoms with van der Waals surface area (Å²) in [5.74, 6) is -0.429. The number of aliphatic hydroxyl groups is 1. The van der Waals surface area contributed by atoms with Crippen molar-refractivity contribution in [3.63, 3.8) is 0 Å². The largest absolute Gasteiger partial charge is 0.394 e. The summed E-state index contributed by atoms with van der Waals surface area (Å²) in [4.78, 5) is 4.47. The molecule has 9 heteroatoms. The van der Waals surface area contributed by atoms with Crippen LogP contribution in [0.3, 0.4) is 0 Å². The molecule has 0 aromatic heterocycles. The van der Waals surface area contributed by atoms with Gasteiger partial charge in [0, 0.05) is 17.4 Å². The van der Waals surface area contributed by atoms with Gasteiger partial charge in [0.25, 0.3) is 0 Å². The summed E-state index contributed by atoms with van der Waals surface area (Å²) in [7, 11) is 0. The van der Waals surface area contributed by atoms with E-state index in [-0.39, 0.29) is 36.8 Å². The molecule has 6 aliphatic rings. The van der Waals surface area contributed by atoms with E-state index in [1.165, 1.54) is 5.57 Å². The second-order valence-electron chi connectivity index (χ2n) is 11.6. The fourth-order valence-electron chi connectivity index (χ4n) is 8.98. The highest BCUT2D eigenvalue weighted by Gasteiger charge is 2.81. The molecule has 4 aliphatic carbocycles. The molecule has 2 heterocycles. The Morgan fingerprint density at radius 1 is 1.23 bits per heavy atom. The Balaban J connectivity index is 1.39. The zero-order chi connectivity index (χ0) is 24.7. The Labute approximate surface area is 211 Å². The van der Waals surface area contributed by atoms with E-state index < -0.39 is 27.8 Å². The van der Waals surface area contributed by atoms with Gasteiger partial charge in [0.1, 0.15) is 24.5 Å². The Morgan fingerprint density at radius 3 is 2.77 bits per heavy atom. The molecular formula is C26H37ClN2O6. The number of nitrogens with zero attached hydrogens (tertiary/aromatic N) is 1. The normalized spacial score (nSPS) is 53.7. The first kappa shape index (κ1) is 24.3. The van der Waals surface area contributed by atoms with Crippen molar-refractivity contribution in [2.45, 2.75) is 68.8 Å². The summed E-state index contributed by atoms with van der Waals surface area (Å²) in [6.45, 7) is 8.14. The summed E-state index contributed by atoms with van der Waals surface area (Å²) in [6, 6.07) is 0. The third kappa shape index (κ3) is 2.82. The Kier molecular flexibility index (Phi) is 5.56. The van der Waals surface area contributed by atoms with Crippen LogP contribution in [-0.2, 0) is 23.8 Å². The molecule has 8 nitrogen and oxygen atoms in total. The summed E-state index contributed by atoms with van der Waals surface area (Å²) < 4.78 is 24.5.